The van der Waals surface area contributed by atoms with Crippen LogP contribution in [-0.2, 0) is 9.59 Å². The molecule has 0 heterocycles. The predicted molar refractivity (Wildman–Crippen MR) is 82.6 cm³/mol. The number of carbonyl (C=O) groups is 2. The normalized spacial score (nSPS) is 11.6. The zero-order valence-corrected chi connectivity index (χ0v) is 12.5. The average molecular weight is 318 g/mol. The van der Waals surface area contributed by atoms with Gasteiger partial charge in [-0.1, -0.05) is 30.3 Å². The first-order valence-corrected chi connectivity index (χ1v) is 7.02. The molecule has 1 unspecified atom stereocenters. The largest absolute Gasteiger partial charge is 0.349 e. The highest BCUT2D eigenvalue weighted by atomic mass is 19.2. The van der Waals surface area contributed by atoms with Crippen LogP contribution in [0.4, 0.5) is 14.5 Å². The maximum Gasteiger partial charge on any atom is 0.226 e. The first-order chi connectivity index (χ1) is 11.0. The molecule has 1 atom stereocenters. The molecule has 0 aliphatic carbocycles. The second-order valence-corrected chi connectivity index (χ2v) is 5.04. The van der Waals surface area contributed by atoms with Gasteiger partial charge in [0.1, 0.15) is 0 Å². The summed E-state index contributed by atoms with van der Waals surface area (Å²) in [4.78, 5) is 23.4. The SMILES string of the molecule is CC(=O)NC(CC(=O)Nc1ccc(F)c(F)c1)c1ccccc1. The zero-order chi connectivity index (χ0) is 16.8. The summed E-state index contributed by atoms with van der Waals surface area (Å²) >= 11 is 0. The molecule has 6 heteroatoms. The number of carbonyl (C=O) groups excluding carboxylic acids is 2. The van der Waals surface area contributed by atoms with Crippen LogP contribution in [0.25, 0.3) is 0 Å². The summed E-state index contributed by atoms with van der Waals surface area (Å²) in [6.07, 6.45) is -0.0252. The van der Waals surface area contributed by atoms with Gasteiger partial charge in [0.25, 0.3) is 0 Å². The Morgan fingerprint density at radius 1 is 1.04 bits per heavy atom. The van der Waals surface area contributed by atoms with Crippen LogP contribution in [-0.4, -0.2) is 11.8 Å². The third kappa shape index (κ3) is 4.88. The zero-order valence-electron chi connectivity index (χ0n) is 12.5. The number of benzene rings is 2. The van der Waals surface area contributed by atoms with Gasteiger partial charge < -0.3 is 10.6 Å². The molecule has 0 bridgehead atoms. The number of rotatable bonds is 5. The van der Waals surface area contributed by atoms with Crippen LogP contribution in [0.2, 0.25) is 0 Å². The number of nitrogens with one attached hydrogen (secondary N) is 2. The van der Waals surface area contributed by atoms with Crippen LogP contribution in [0.3, 0.4) is 0 Å². The molecule has 2 rings (SSSR count). The fourth-order valence-corrected chi connectivity index (χ4v) is 2.15. The molecule has 0 aliphatic heterocycles. The summed E-state index contributed by atoms with van der Waals surface area (Å²) in [6, 6.07) is 11.6. The molecule has 23 heavy (non-hydrogen) atoms. The molecule has 2 aromatic carbocycles. The van der Waals surface area contributed by atoms with Crippen molar-refractivity contribution in [2.24, 2.45) is 0 Å². The summed E-state index contributed by atoms with van der Waals surface area (Å²) in [5, 5.41) is 5.19. The summed E-state index contributed by atoms with van der Waals surface area (Å²) in [5.41, 5.74) is 0.937. The number of hydrogen-bond donors (Lipinski definition) is 2. The number of anilines is 1. The lowest BCUT2D eigenvalue weighted by molar-refractivity contribution is -0.120. The average Bonchev–Trinajstić information content (AvgIpc) is 2.51. The van der Waals surface area contributed by atoms with Gasteiger partial charge in [-0.15, -0.1) is 0 Å². The minimum atomic E-state index is -1.04. The molecule has 0 aromatic heterocycles. The monoisotopic (exact) mass is 318 g/mol. The fourth-order valence-electron chi connectivity index (χ4n) is 2.15. The Morgan fingerprint density at radius 3 is 2.35 bits per heavy atom. The summed E-state index contributed by atoms with van der Waals surface area (Å²) in [5.74, 6) is -2.70. The van der Waals surface area contributed by atoms with Gasteiger partial charge in [-0.3, -0.25) is 9.59 Å². The molecule has 0 radical (unpaired) electrons. The third-order valence-electron chi connectivity index (χ3n) is 3.17. The van der Waals surface area contributed by atoms with Crippen LogP contribution in [0.1, 0.15) is 24.9 Å². The van der Waals surface area contributed by atoms with Crippen LogP contribution in [0, 0.1) is 11.6 Å². The van der Waals surface area contributed by atoms with E-state index in [1.807, 2.05) is 6.07 Å². The highest BCUT2D eigenvalue weighted by Gasteiger charge is 2.17. The molecular weight excluding hydrogens is 302 g/mol. The van der Waals surface area contributed by atoms with Gasteiger partial charge >= 0.3 is 0 Å². The van der Waals surface area contributed by atoms with Crippen molar-refractivity contribution in [2.45, 2.75) is 19.4 Å². The van der Waals surface area contributed by atoms with Gasteiger partial charge in [0.2, 0.25) is 11.8 Å². The van der Waals surface area contributed by atoms with E-state index >= 15 is 0 Å². The van der Waals surface area contributed by atoms with E-state index in [0.717, 1.165) is 17.7 Å². The highest BCUT2D eigenvalue weighted by molar-refractivity contribution is 5.91. The van der Waals surface area contributed by atoms with E-state index in [2.05, 4.69) is 10.6 Å². The lowest BCUT2D eigenvalue weighted by Crippen LogP contribution is -2.29. The van der Waals surface area contributed by atoms with E-state index in [9.17, 15) is 18.4 Å². The van der Waals surface area contributed by atoms with E-state index < -0.39 is 23.6 Å². The van der Waals surface area contributed by atoms with Gasteiger partial charge in [0.05, 0.1) is 12.5 Å². The number of hydrogen-bond acceptors (Lipinski definition) is 2. The standard InChI is InChI=1S/C17H16F2N2O2/c1-11(22)20-16(12-5-3-2-4-6-12)10-17(23)21-13-7-8-14(18)15(19)9-13/h2-9,16H,10H2,1H3,(H,20,22)(H,21,23). The molecule has 0 saturated heterocycles. The van der Waals surface area contributed by atoms with Gasteiger partial charge in [0, 0.05) is 18.7 Å². The molecule has 0 fully saturated rings. The number of halogens is 2. The maximum atomic E-state index is 13.1. The van der Waals surface area contributed by atoms with Gasteiger partial charge in [-0.25, -0.2) is 8.78 Å². The van der Waals surface area contributed by atoms with E-state index in [4.69, 9.17) is 0 Å². The van der Waals surface area contributed by atoms with Gasteiger partial charge in [0.15, 0.2) is 11.6 Å². The summed E-state index contributed by atoms with van der Waals surface area (Å²) in [6.45, 7) is 1.36. The first kappa shape index (κ1) is 16.6. The van der Waals surface area contributed by atoms with Crippen molar-refractivity contribution in [1.29, 1.82) is 0 Å². The molecular formula is C17H16F2N2O2. The lowest BCUT2D eigenvalue weighted by Gasteiger charge is -2.18. The van der Waals surface area contributed by atoms with Crippen LogP contribution >= 0.6 is 0 Å². The molecule has 0 spiro atoms. The topological polar surface area (TPSA) is 58.2 Å². The highest BCUT2D eigenvalue weighted by Crippen LogP contribution is 2.19. The van der Waals surface area contributed by atoms with Crippen molar-refractivity contribution >= 4 is 17.5 Å². The molecule has 2 amide bonds. The molecule has 2 aromatic rings. The Bertz CT molecular complexity index is 705. The Kier molecular flexibility index (Phi) is 5.41. The van der Waals surface area contributed by atoms with Crippen molar-refractivity contribution in [3.63, 3.8) is 0 Å². The number of amides is 2. The van der Waals surface area contributed by atoms with Gasteiger partial charge in [-0.2, -0.15) is 0 Å². The van der Waals surface area contributed by atoms with Crippen LogP contribution in [0.5, 0.6) is 0 Å². The van der Waals surface area contributed by atoms with E-state index in [1.165, 1.54) is 13.0 Å². The summed E-state index contributed by atoms with van der Waals surface area (Å²) in [7, 11) is 0. The second kappa shape index (κ2) is 7.49. The van der Waals surface area contributed by atoms with Crippen molar-refractivity contribution in [3.05, 3.63) is 65.7 Å². The molecule has 120 valence electrons. The summed E-state index contributed by atoms with van der Waals surface area (Å²) < 4.78 is 26.0. The Labute approximate surface area is 132 Å². The fraction of sp³-hybridized carbons (Fsp3) is 0.176. The Balaban J connectivity index is 2.08. The van der Waals surface area contributed by atoms with Crippen molar-refractivity contribution in [1.82, 2.24) is 5.32 Å². The third-order valence-corrected chi connectivity index (χ3v) is 3.17. The van der Waals surface area contributed by atoms with E-state index in [0.29, 0.717) is 0 Å². The molecule has 4 nitrogen and oxygen atoms in total. The molecule has 0 saturated carbocycles. The predicted octanol–water partition coefficient (Wildman–Crippen LogP) is 3.17. The van der Waals surface area contributed by atoms with Crippen LogP contribution < -0.4 is 10.6 Å². The lowest BCUT2D eigenvalue weighted by atomic mass is 10.0. The Morgan fingerprint density at radius 2 is 1.74 bits per heavy atom. The van der Waals surface area contributed by atoms with E-state index in [1.54, 1.807) is 24.3 Å². The van der Waals surface area contributed by atoms with Crippen LogP contribution in [0.15, 0.2) is 48.5 Å². The van der Waals surface area contributed by atoms with Crippen molar-refractivity contribution in [3.8, 4) is 0 Å². The maximum absolute atomic E-state index is 13.1. The Hall–Kier alpha value is -2.76. The first-order valence-electron chi connectivity index (χ1n) is 7.02. The minimum absolute atomic E-state index is 0.0252. The minimum Gasteiger partial charge on any atom is -0.349 e. The smallest absolute Gasteiger partial charge is 0.226 e. The molecule has 2 N–H and O–H groups in total. The molecule has 0 aliphatic rings. The van der Waals surface area contributed by atoms with Crippen molar-refractivity contribution < 1.29 is 18.4 Å². The van der Waals surface area contributed by atoms with Crippen molar-refractivity contribution in [2.75, 3.05) is 5.32 Å². The van der Waals surface area contributed by atoms with E-state index in [-0.39, 0.29) is 18.0 Å². The second-order valence-electron chi connectivity index (χ2n) is 5.04. The van der Waals surface area contributed by atoms with Gasteiger partial charge in [-0.05, 0) is 17.7 Å². The quantitative estimate of drug-likeness (QED) is 0.889.